The number of rotatable bonds is 15. The number of unbranched alkanes of at least 4 members (excludes halogenated alkanes) is 9. The number of aliphatic hydroxyl groups is 1. The number of hydrogen-bond acceptors (Lipinski definition) is 2. The van der Waals surface area contributed by atoms with E-state index in [4.69, 9.17) is 0 Å². The van der Waals surface area contributed by atoms with Gasteiger partial charge in [0.25, 0.3) is 0 Å². The van der Waals surface area contributed by atoms with Gasteiger partial charge in [0.1, 0.15) is 0 Å². The van der Waals surface area contributed by atoms with Crippen LogP contribution in [-0.4, -0.2) is 11.7 Å². The monoisotopic (exact) mass is 381 g/mol. The number of hydrogen-bond donors (Lipinski definition) is 2. The topological polar surface area (TPSA) is 32.3 Å². The fourth-order valence-corrected chi connectivity index (χ4v) is 3.78. The van der Waals surface area contributed by atoms with Gasteiger partial charge in [-0.1, -0.05) is 125 Å². The first-order chi connectivity index (χ1) is 13.8. The average Bonchev–Trinajstić information content (AvgIpc) is 2.75. The molecule has 2 unspecified atom stereocenters. The van der Waals surface area contributed by atoms with E-state index in [-0.39, 0.29) is 6.04 Å². The maximum Gasteiger partial charge on any atom is 0.0984 e. The zero-order valence-corrected chi connectivity index (χ0v) is 17.7. The Bertz CT molecular complexity index is 598. The Morgan fingerprint density at radius 2 is 1.11 bits per heavy atom. The highest BCUT2D eigenvalue weighted by atomic mass is 16.3. The maximum atomic E-state index is 10.9. The van der Waals surface area contributed by atoms with Crippen molar-refractivity contribution in [1.82, 2.24) is 5.32 Å². The molecule has 0 fully saturated rings. The van der Waals surface area contributed by atoms with Gasteiger partial charge < -0.3 is 10.4 Å². The van der Waals surface area contributed by atoms with Crippen molar-refractivity contribution >= 4 is 0 Å². The maximum absolute atomic E-state index is 10.9. The van der Waals surface area contributed by atoms with Gasteiger partial charge in [-0.05, 0) is 24.1 Å². The molecule has 0 amide bonds. The normalized spacial score (nSPS) is 13.4. The standard InChI is InChI=1S/C26H39NO/c1-2-3-4-5-6-7-8-9-10-17-22-27-25(23-18-13-11-14-19-23)26(28)24-20-15-12-16-21-24/h11-16,18-21,25-28H,2-10,17,22H2,1H3. The highest BCUT2D eigenvalue weighted by Crippen LogP contribution is 2.28. The van der Waals surface area contributed by atoms with E-state index in [1.807, 2.05) is 48.5 Å². The second-order valence-corrected chi connectivity index (χ2v) is 7.88. The molecular formula is C26H39NO. The molecule has 2 nitrogen and oxygen atoms in total. The summed E-state index contributed by atoms with van der Waals surface area (Å²) in [5, 5.41) is 14.5. The summed E-state index contributed by atoms with van der Waals surface area (Å²) in [6.07, 6.45) is 12.9. The molecule has 0 bridgehead atoms. The Hall–Kier alpha value is -1.64. The minimum absolute atomic E-state index is 0.0674. The van der Waals surface area contributed by atoms with Gasteiger partial charge in [0, 0.05) is 0 Å². The summed E-state index contributed by atoms with van der Waals surface area (Å²) in [6.45, 7) is 3.22. The Kier molecular flexibility index (Phi) is 11.6. The second kappa shape index (κ2) is 14.4. The van der Waals surface area contributed by atoms with Crippen LogP contribution in [0.15, 0.2) is 60.7 Å². The van der Waals surface area contributed by atoms with E-state index >= 15 is 0 Å². The Balaban J connectivity index is 1.70. The fraction of sp³-hybridized carbons (Fsp3) is 0.538. The number of benzene rings is 2. The van der Waals surface area contributed by atoms with Gasteiger partial charge in [-0.3, -0.25) is 0 Å². The van der Waals surface area contributed by atoms with Crippen molar-refractivity contribution in [1.29, 1.82) is 0 Å². The molecule has 0 aliphatic carbocycles. The lowest BCUT2D eigenvalue weighted by atomic mass is 9.95. The van der Waals surface area contributed by atoms with Crippen molar-refractivity contribution in [2.45, 2.75) is 83.3 Å². The molecule has 0 saturated heterocycles. The molecule has 0 saturated carbocycles. The van der Waals surface area contributed by atoms with E-state index in [1.54, 1.807) is 0 Å². The zero-order chi connectivity index (χ0) is 19.9. The predicted octanol–water partition coefficient (Wildman–Crippen LogP) is 6.97. The summed E-state index contributed by atoms with van der Waals surface area (Å²) >= 11 is 0. The summed E-state index contributed by atoms with van der Waals surface area (Å²) in [5.41, 5.74) is 2.11. The van der Waals surface area contributed by atoms with Crippen molar-refractivity contribution in [2.24, 2.45) is 0 Å². The third-order valence-electron chi connectivity index (χ3n) is 5.51. The molecule has 2 aromatic carbocycles. The quantitative estimate of drug-likeness (QED) is 0.326. The minimum atomic E-state index is -0.535. The van der Waals surface area contributed by atoms with Crippen LogP contribution in [0.3, 0.4) is 0 Å². The van der Waals surface area contributed by atoms with Crippen LogP contribution in [-0.2, 0) is 0 Å². The van der Waals surface area contributed by atoms with Gasteiger partial charge in [-0.2, -0.15) is 0 Å². The molecule has 0 aliphatic heterocycles. The lowest BCUT2D eigenvalue weighted by Crippen LogP contribution is -2.28. The molecular weight excluding hydrogens is 342 g/mol. The molecule has 2 aromatic rings. The number of nitrogens with one attached hydrogen (secondary N) is 1. The van der Waals surface area contributed by atoms with Crippen LogP contribution in [0, 0.1) is 0 Å². The van der Waals surface area contributed by atoms with Crippen LogP contribution in [0.5, 0.6) is 0 Å². The van der Waals surface area contributed by atoms with E-state index < -0.39 is 6.10 Å². The van der Waals surface area contributed by atoms with Crippen molar-refractivity contribution < 1.29 is 5.11 Å². The van der Waals surface area contributed by atoms with Crippen LogP contribution in [0.1, 0.15) is 94.4 Å². The van der Waals surface area contributed by atoms with Crippen LogP contribution >= 0.6 is 0 Å². The van der Waals surface area contributed by atoms with Gasteiger partial charge in [-0.15, -0.1) is 0 Å². The molecule has 2 rings (SSSR count). The number of aliphatic hydroxyl groups excluding tert-OH is 1. The summed E-state index contributed by atoms with van der Waals surface area (Å²) < 4.78 is 0. The van der Waals surface area contributed by atoms with Gasteiger partial charge in [0.2, 0.25) is 0 Å². The lowest BCUT2D eigenvalue weighted by molar-refractivity contribution is 0.128. The lowest BCUT2D eigenvalue weighted by Gasteiger charge is -2.25. The fourth-order valence-electron chi connectivity index (χ4n) is 3.78. The molecule has 0 aromatic heterocycles. The zero-order valence-electron chi connectivity index (χ0n) is 17.7. The summed E-state index contributed by atoms with van der Waals surface area (Å²) in [6, 6.07) is 20.2. The molecule has 0 heterocycles. The average molecular weight is 382 g/mol. The van der Waals surface area contributed by atoms with Crippen molar-refractivity contribution in [3.8, 4) is 0 Å². The van der Waals surface area contributed by atoms with E-state index in [9.17, 15) is 5.11 Å². The third-order valence-corrected chi connectivity index (χ3v) is 5.51. The van der Waals surface area contributed by atoms with Gasteiger partial charge >= 0.3 is 0 Å². The molecule has 0 spiro atoms. The Morgan fingerprint density at radius 1 is 0.643 bits per heavy atom. The Morgan fingerprint density at radius 3 is 1.64 bits per heavy atom. The van der Waals surface area contributed by atoms with Crippen LogP contribution in [0.4, 0.5) is 0 Å². The predicted molar refractivity (Wildman–Crippen MR) is 120 cm³/mol. The SMILES string of the molecule is CCCCCCCCCCCCNC(c1ccccc1)C(O)c1ccccc1. The van der Waals surface area contributed by atoms with Gasteiger partial charge in [0.15, 0.2) is 0 Å². The summed E-state index contributed by atoms with van der Waals surface area (Å²) in [7, 11) is 0. The van der Waals surface area contributed by atoms with E-state index in [2.05, 4.69) is 24.4 Å². The van der Waals surface area contributed by atoms with Crippen molar-refractivity contribution in [3.63, 3.8) is 0 Å². The highest BCUT2D eigenvalue weighted by molar-refractivity contribution is 5.26. The van der Waals surface area contributed by atoms with Crippen LogP contribution in [0.25, 0.3) is 0 Å². The largest absolute Gasteiger partial charge is 0.386 e. The minimum Gasteiger partial charge on any atom is -0.386 e. The summed E-state index contributed by atoms with van der Waals surface area (Å²) in [4.78, 5) is 0. The van der Waals surface area contributed by atoms with E-state index in [0.29, 0.717) is 0 Å². The first-order valence-electron chi connectivity index (χ1n) is 11.3. The smallest absolute Gasteiger partial charge is 0.0984 e. The molecule has 28 heavy (non-hydrogen) atoms. The van der Waals surface area contributed by atoms with E-state index in [1.165, 1.54) is 64.2 Å². The first-order valence-corrected chi connectivity index (χ1v) is 11.3. The van der Waals surface area contributed by atoms with Crippen LogP contribution < -0.4 is 5.32 Å². The third kappa shape index (κ3) is 8.58. The highest BCUT2D eigenvalue weighted by Gasteiger charge is 2.21. The van der Waals surface area contributed by atoms with E-state index in [0.717, 1.165) is 17.7 Å². The molecule has 0 radical (unpaired) electrons. The molecule has 2 N–H and O–H groups in total. The van der Waals surface area contributed by atoms with Crippen LogP contribution in [0.2, 0.25) is 0 Å². The molecule has 0 aliphatic rings. The van der Waals surface area contributed by atoms with Crippen molar-refractivity contribution in [2.75, 3.05) is 6.54 Å². The van der Waals surface area contributed by atoms with Gasteiger partial charge in [-0.25, -0.2) is 0 Å². The molecule has 154 valence electrons. The van der Waals surface area contributed by atoms with Crippen molar-refractivity contribution in [3.05, 3.63) is 71.8 Å². The molecule has 2 heteroatoms. The van der Waals surface area contributed by atoms with Gasteiger partial charge in [0.05, 0.1) is 12.1 Å². The second-order valence-electron chi connectivity index (χ2n) is 7.88. The summed E-state index contributed by atoms with van der Waals surface area (Å²) in [5.74, 6) is 0. The Labute approximate surface area is 172 Å². The molecule has 2 atom stereocenters. The first kappa shape index (κ1) is 22.6.